The molecular weight excluding hydrogens is 376 g/mol. The SMILES string of the molecule is C=C[C@H]1[C@H](C)CC(=O)[C@@H]1C/C=C/C[C@H]1C(=O)C[C@@H](O[Si](C)(C)C(C)(C)C)[C@@H]1C=C. The highest BCUT2D eigenvalue weighted by molar-refractivity contribution is 6.74. The normalized spacial score (nSPS) is 33.6. The van der Waals surface area contributed by atoms with Crippen molar-refractivity contribution in [1.29, 1.82) is 0 Å². The third-order valence-corrected chi connectivity index (χ3v) is 12.0. The van der Waals surface area contributed by atoms with Gasteiger partial charge in [0.05, 0.1) is 6.10 Å². The largest absolute Gasteiger partial charge is 0.413 e. The van der Waals surface area contributed by atoms with E-state index >= 15 is 0 Å². The first-order valence-corrected chi connectivity index (χ1v) is 14.0. The zero-order valence-corrected chi connectivity index (χ0v) is 20.2. The summed E-state index contributed by atoms with van der Waals surface area (Å²) < 4.78 is 6.58. The Labute approximate surface area is 178 Å². The lowest BCUT2D eigenvalue weighted by atomic mass is 9.87. The molecule has 2 aliphatic carbocycles. The Morgan fingerprint density at radius 3 is 1.93 bits per heavy atom. The summed E-state index contributed by atoms with van der Waals surface area (Å²) in [6, 6.07) is 0. The molecule has 0 aromatic heterocycles. The number of Topliss-reactive ketones (excluding diaryl/α,β-unsaturated/α-hetero) is 2. The average molecular weight is 417 g/mol. The summed E-state index contributed by atoms with van der Waals surface area (Å²) in [5, 5.41) is 0.117. The van der Waals surface area contributed by atoms with Gasteiger partial charge in [0.1, 0.15) is 11.6 Å². The van der Waals surface area contributed by atoms with Crippen LogP contribution in [0.4, 0.5) is 0 Å². The number of allylic oxidation sites excluding steroid dienone is 3. The van der Waals surface area contributed by atoms with Crippen LogP contribution in [-0.2, 0) is 14.0 Å². The highest BCUT2D eigenvalue weighted by Crippen LogP contribution is 2.43. The summed E-state index contributed by atoms with van der Waals surface area (Å²) in [6.07, 6.45) is 10.5. The van der Waals surface area contributed by atoms with Gasteiger partial charge < -0.3 is 4.43 Å². The molecule has 0 bridgehead atoms. The summed E-state index contributed by atoms with van der Waals surface area (Å²) in [7, 11) is -1.93. The average Bonchev–Trinajstić information content (AvgIpc) is 3.04. The van der Waals surface area contributed by atoms with Gasteiger partial charge in [0, 0.05) is 30.6 Å². The predicted octanol–water partition coefficient (Wildman–Crippen LogP) is 6.13. The summed E-state index contributed by atoms with van der Waals surface area (Å²) in [6.45, 7) is 21.2. The molecule has 6 atom stereocenters. The molecule has 0 amide bonds. The number of rotatable bonds is 8. The third-order valence-electron chi connectivity index (χ3n) is 7.51. The quantitative estimate of drug-likeness (QED) is 0.353. The second-order valence-corrected chi connectivity index (χ2v) is 15.3. The second-order valence-electron chi connectivity index (χ2n) is 10.5. The molecule has 0 aromatic rings. The fourth-order valence-electron chi connectivity index (χ4n) is 4.63. The lowest BCUT2D eigenvalue weighted by Gasteiger charge is -2.39. The van der Waals surface area contributed by atoms with Crippen LogP contribution in [0.3, 0.4) is 0 Å². The van der Waals surface area contributed by atoms with Crippen molar-refractivity contribution < 1.29 is 14.0 Å². The maximum Gasteiger partial charge on any atom is 0.192 e. The number of carbonyl (C=O) groups excluding carboxylic acids is 2. The smallest absolute Gasteiger partial charge is 0.192 e. The second kappa shape index (κ2) is 9.26. The van der Waals surface area contributed by atoms with E-state index in [1.807, 2.05) is 12.2 Å². The Hall–Kier alpha value is -1.26. The van der Waals surface area contributed by atoms with Gasteiger partial charge in [-0.2, -0.15) is 0 Å². The van der Waals surface area contributed by atoms with Crippen molar-refractivity contribution in [1.82, 2.24) is 0 Å². The van der Waals surface area contributed by atoms with Crippen molar-refractivity contribution in [3.63, 3.8) is 0 Å². The molecule has 0 saturated heterocycles. The van der Waals surface area contributed by atoms with Crippen molar-refractivity contribution in [2.75, 3.05) is 0 Å². The Balaban J connectivity index is 1.99. The van der Waals surface area contributed by atoms with Crippen LogP contribution in [-0.4, -0.2) is 26.0 Å². The predicted molar refractivity (Wildman–Crippen MR) is 123 cm³/mol. The number of hydrogen-bond donors (Lipinski definition) is 0. The molecule has 0 unspecified atom stereocenters. The molecule has 2 saturated carbocycles. The van der Waals surface area contributed by atoms with Gasteiger partial charge in [-0.15, -0.1) is 13.2 Å². The highest BCUT2D eigenvalue weighted by atomic mass is 28.4. The maximum atomic E-state index is 12.7. The van der Waals surface area contributed by atoms with E-state index in [0.29, 0.717) is 31.0 Å². The molecule has 3 nitrogen and oxygen atoms in total. The first-order chi connectivity index (χ1) is 13.4. The number of hydrogen-bond acceptors (Lipinski definition) is 3. The Morgan fingerprint density at radius 2 is 1.45 bits per heavy atom. The van der Waals surface area contributed by atoms with Crippen LogP contribution in [0.15, 0.2) is 37.5 Å². The molecule has 29 heavy (non-hydrogen) atoms. The molecule has 2 rings (SSSR count). The Bertz CT molecular complexity index is 670. The summed E-state index contributed by atoms with van der Waals surface area (Å²) in [5.74, 6) is 1.32. The zero-order chi connectivity index (χ0) is 22.0. The van der Waals surface area contributed by atoms with Crippen LogP contribution in [0.2, 0.25) is 18.1 Å². The zero-order valence-electron chi connectivity index (χ0n) is 19.2. The van der Waals surface area contributed by atoms with Crippen molar-refractivity contribution in [3.8, 4) is 0 Å². The molecule has 0 radical (unpaired) electrons. The lowest BCUT2D eigenvalue weighted by Crippen LogP contribution is -2.44. The fourth-order valence-corrected chi connectivity index (χ4v) is 5.98. The molecule has 0 aromatic carbocycles. The van der Waals surface area contributed by atoms with E-state index in [1.165, 1.54) is 0 Å². The third kappa shape index (κ3) is 5.27. The van der Waals surface area contributed by atoms with Gasteiger partial charge in [-0.05, 0) is 42.8 Å². The molecule has 2 aliphatic rings. The van der Waals surface area contributed by atoms with Gasteiger partial charge in [-0.3, -0.25) is 9.59 Å². The number of carbonyl (C=O) groups is 2. The minimum atomic E-state index is -1.93. The molecule has 2 fully saturated rings. The van der Waals surface area contributed by atoms with E-state index in [2.05, 4.69) is 66.1 Å². The molecule has 0 spiro atoms. The lowest BCUT2D eigenvalue weighted by molar-refractivity contribution is -0.121. The Morgan fingerprint density at radius 1 is 0.966 bits per heavy atom. The van der Waals surface area contributed by atoms with Crippen LogP contribution in [0.5, 0.6) is 0 Å². The number of ketones is 2. The minimum Gasteiger partial charge on any atom is -0.413 e. The molecule has 0 heterocycles. The molecule has 0 aliphatic heterocycles. The standard InChI is InChI=1S/C25H40O3Si/c1-9-18-17(3)15-22(26)20(18)13-11-12-14-21-19(10-2)24(16-23(21)27)28-29(7,8)25(4,5)6/h9-12,17-21,24H,1-2,13-16H2,3-8H3/b12-11+/t17-,18+,19-,20-,21-,24-/m1/s1. The van der Waals surface area contributed by atoms with Gasteiger partial charge >= 0.3 is 0 Å². The highest BCUT2D eigenvalue weighted by Gasteiger charge is 2.46. The summed E-state index contributed by atoms with van der Waals surface area (Å²) in [4.78, 5) is 25.0. The first-order valence-electron chi connectivity index (χ1n) is 11.1. The van der Waals surface area contributed by atoms with Crippen LogP contribution in [0.1, 0.15) is 53.4 Å². The fraction of sp³-hybridized carbons (Fsp3) is 0.680. The van der Waals surface area contributed by atoms with Crippen LogP contribution >= 0.6 is 0 Å². The van der Waals surface area contributed by atoms with E-state index < -0.39 is 8.32 Å². The van der Waals surface area contributed by atoms with Crippen molar-refractivity contribution in [2.24, 2.45) is 29.6 Å². The molecule has 162 valence electrons. The van der Waals surface area contributed by atoms with E-state index in [4.69, 9.17) is 4.43 Å². The van der Waals surface area contributed by atoms with Gasteiger partial charge in [0.15, 0.2) is 8.32 Å². The van der Waals surface area contributed by atoms with Gasteiger partial charge in [0.25, 0.3) is 0 Å². The van der Waals surface area contributed by atoms with Gasteiger partial charge in [-0.1, -0.05) is 52.0 Å². The monoisotopic (exact) mass is 416 g/mol. The molecule has 0 N–H and O–H groups in total. The topological polar surface area (TPSA) is 43.4 Å². The maximum absolute atomic E-state index is 12.7. The van der Waals surface area contributed by atoms with Crippen molar-refractivity contribution in [3.05, 3.63) is 37.5 Å². The van der Waals surface area contributed by atoms with Crippen LogP contribution in [0, 0.1) is 29.6 Å². The van der Waals surface area contributed by atoms with Crippen LogP contribution < -0.4 is 0 Å². The molecular formula is C25H40O3Si. The van der Waals surface area contributed by atoms with E-state index in [-0.39, 0.29) is 40.6 Å². The van der Waals surface area contributed by atoms with Crippen molar-refractivity contribution in [2.45, 2.75) is 77.6 Å². The Kier molecular flexibility index (Phi) is 7.67. The van der Waals surface area contributed by atoms with E-state index in [1.54, 1.807) is 0 Å². The van der Waals surface area contributed by atoms with Crippen molar-refractivity contribution >= 4 is 19.9 Å². The van der Waals surface area contributed by atoms with E-state index in [9.17, 15) is 9.59 Å². The van der Waals surface area contributed by atoms with E-state index in [0.717, 1.165) is 6.42 Å². The van der Waals surface area contributed by atoms with Crippen LogP contribution in [0.25, 0.3) is 0 Å². The summed E-state index contributed by atoms with van der Waals surface area (Å²) >= 11 is 0. The molecule has 4 heteroatoms. The minimum absolute atomic E-state index is 0.0443. The van der Waals surface area contributed by atoms with Gasteiger partial charge in [-0.25, -0.2) is 0 Å². The first kappa shape index (κ1) is 24.0. The summed E-state index contributed by atoms with van der Waals surface area (Å²) in [5.41, 5.74) is 0. The van der Waals surface area contributed by atoms with Gasteiger partial charge in [0.2, 0.25) is 0 Å².